The molecule has 5 fully saturated rings. The van der Waals surface area contributed by atoms with Crippen LogP contribution in [-0.2, 0) is 38.0 Å². The fourth-order valence-electron chi connectivity index (χ4n) is 6.20. The van der Waals surface area contributed by atoms with Gasteiger partial charge in [0.2, 0.25) is 18.0 Å². The zero-order valence-corrected chi connectivity index (χ0v) is 25.3. The standard InChI is InChI=1S/C24H38N2O17S2/c1-6(30)26-11-12(31)14(8(2-27)39-21(11)45-44-5-7(25)19(34)35)41-20-13(32)16-15(9(3-28)38-20)43-24(37)17-18(33)23(17,36)10(4-29)40-22(24)42-16/h7-18,20-22,27-29,31-33,36-37H,2-5,25H2,1H3,(H,26,30)(H,34,35)/t7?,8?,9?,10?,11?,12?,13?,14-,15+,16?,17?,18?,20+,21?,22-,23?,24+/m1/s1. The Hall–Kier alpha value is -0.960. The van der Waals surface area contributed by atoms with E-state index < -0.39 is 134 Å². The molecule has 0 spiro atoms. The van der Waals surface area contributed by atoms with Crippen LogP contribution in [0.1, 0.15) is 6.92 Å². The molecule has 21 heteroatoms. The number of nitrogens with two attached hydrogens (primary N) is 1. The lowest BCUT2D eigenvalue weighted by Gasteiger charge is -2.55. The lowest BCUT2D eigenvalue weighted by molar-refractivity contribution is -0.475. The predicted molar refractivity (Wildman–Crippen MR) is 147 cm³/mol. The summed E-state index contributed by atoms with van der Waals surface area (Å²) in [4.78, 5) is 23.0. The molecule has 1 aliphatic carbocycles. The summed E-state index contributed by atoms with van der Waals surface area (Å²) in [5.74, 6) is -5.64. The second-order valence-corrected chi connectivity index (χ2v) is 14.0. The van der Waals surface area contributed by atoms with Crippen molar-refractivity contribution in [2.24, 2.45) is 11.7 Å². The molecule has 45 heavy (non-hydrogen) atoms. The van der Waals surface area contributed by atoms with Crippen molar-refractivity contribution in [1.82, 2.24) is 5.32 Å². The largest absolute Gasteiger partial charge is 0.480 e. The van der Waals surface area contributed by atoms with Gasteiger partial charge in [-0.3, -0.25) is 9.59 Å². The number of carbonyl (C=O) groups excluding carboxylic acids is 1. The number of nitrogens with one attached hydrogen (secondary N) is 1. The van der Waals surface area contributed by atoms with E-state index in [0.29, 0.717) is 0 Å². The molecule has 0 aromatic heterocycles. The Bertz CT molecular complexity index is 1100. The summed E-state index contributed by atoms with van der Waals surface area (Å²) in [5.41, 5.74) is 2.48. The molecular weight excluding hydrogens is 652 g/mol. The molecule has 0 bridgehead atoms. The zero-order chi connectivity index (χ0) is 33.0. The third-order valence-corrected chi connectivity index (χ3v) is 11.2. The maximum Gasteiger partial charge on any atom is 0.321 e. The van der Waals surface area contributed by atoms with Gasteiger partial charge in [-0.25, -0.2) is 0 Å². The van der Waals surface area contributed by atoms with Crippen LogP contribution >= 0.6 is 21.6 Å². The van der Waals surface area contributed by atoms with Crippen molar-refractivity contribution >= 4 is 33.5 Å². The van der Waals surface area contributed by atoms with Gasteiger partial charge in [0.05, 0.1) is 37.9 Å². The highest BCUT2D eigenvalue weighted by Crippen LogP contribution is 2.61. The number of carboxylic acid groups (broad SMARTS) is 1. The summed E-state index contributed by atoms with van der Waals surface area (Å²) in [6.07, 6.45) is -16.5. The molecule has 0 radical (unpaired) electrons. The van der Waals surface area contributed by atoms with Gasteiger partial charge in [0.15, 0.2) is 6.29 Å². The first-order valence-electron chi connectivity index (χ1n) is 14.0. The number of hydrogen-bond acceptors (Lipinski definition) is 19. The number of amides is 1. The van der Waals surface area contributed by atoms with Crippen molar-refractivity contribution in [3.05, 3.63) is 0 Å². The molecule has 258 valence electrons. The topological polar surface area (TPSA) is 310 Å². The van der Waals surface area contributed by atoms with Crippen LogP contribution in [0.15, 0.2) is 0 Å². The van der Waals surface area contributed by atoms with Crippen molar-refractivity contribution in [2.75, 3.05) is 25.6 Å². The third kappa shape index (κ3) is 6.21. The van der Waals surface area contributed by atoms with Crippen LogP contribution in [0.25, 0.3) is 0 Å². The van der Waals surface area contributed by atoms with Gasteiger partial charge in [-0.2, -0.15) is 0 Å². The van der Waals surface area contributed by atoms with E-state index in [2.05, 4.69) is 5.32 Å². The first kappa shape index (κ1) is 35.3. The fraction of sp³-hybridized carbons (Fsp3) is 0.917. The van der Waals surface area contributed by atoms with E-state index in [-0.39, 0.29) is 5.75 Å². The molecule has 19 nitrogen and oxygen atoms in total. The fourth-order valence-corrected chi connectivity index (χ4v) is 8.81. The Kier molecular flexibility index (Phi) is 10.6. The maximum absolute atomic E-state index is 12.0. The van der Waals surface area contributed by atoms with Gasteiger partial charge in [0.25, 0.3) is 0 Å². The molecule has 4 heterocycles. The van der Waals surface area contributed by atoms with E-state index in [0.717, 1.165) is 21.6 Å². The molecule has 12 N–H and O–H groups in total. The highest BCUT2D eigenvalue weighted by molar-refractivity contribution is 8.76. The Morgan fingerprint density at radius 1 is 0.978 bits per heavy atom. The Morgan fingerprint density at radius 2 is 1.67 bits per heavy atom. The third-order valence-electron chi connectivity index (χ3n) is 8.57. The number of rotatable bonds is 11. The van der Waals surface area contributed by atoms with E-state index in [1.54, 1.807) is 0 Å². The SMILES string of the molecule is CC(=O)NC1C(SSCC(N)C(=O)O)OC(CO)[C@@H](O[C@@H]2OC(CO)[C@@H]3O[C@@]4(O)C5C(O)C5(O)C(CO)O[C@@H]4OC3C2O)C1O. The van der Waals surface area contributed by atoms with Crippen LogP contribution in [0.5, 0.6) is 0 Å². The van der Waals surface area contributed by atoms with Crippen LogP contribution in [0.2, 0.25) is 0 Å². The van der Waals surface area contributed by atoms with Crippen molar-refractivity contribution < 1.29 is 84.0 Å². The number of hydrogen-bond donors (Lipinski definition) is 11. The van der Waals surface area contributed by atoms with E-state index in [4.69, 9.17) is 39.3 Å². The number of aliphatic hydroxyl groups is 8. The normalized spacial score (nSPS) is 49.6. The van der Waals surface area contributed by atoms with Crippen molar-refractivity contribution in [2.45, 2.75) is 103 Å². The summed E-state index contributed by atoms with van der Waals surface area (Å²) in [7, 11) is 1.97. The van der Waals surface area contributed by atoms with Gasteiger partial charge in [-0.05, 0) is 0 Å². The number of fused-ring (bicyclic) bond motifs is 4. The smallest absolute Gasteiger partial charge is 0.321 e. The lowest BCUT2D eigenvalue weighted by Crippen LogP contribution is -2.73. The van der Waals surface area contributed by atoms with E-state index in [1.807, 2.05) is 0 Å². The van der Waals surface area contributed by atoms with Gasteiger partial charge in [-0.15, -0.1) is 0 Å². The summed E-state index contributed by atoms with van der Waals surface area (Å²) in [6.45, 7) is -1.02. The molecular formula is C24H38N2O17S2. The van der Waals surface area contributed by atoms with Crippen molar-refractivity contribution in [1.29, 1.82) is 0 Å². The molecule has 12 unspecified atom stereocenters. The zero-order valence-electron chi connectivity index (χ0n) is 23.7. The van der Waals surface area contributed by atoms with Crippen LogP contribution in [0.3, 0.4) is 0 Å². The second-order valence-electron chi connectivity index (χ2n) is 11.5. The minimum atomic E-state index is -2.45. The minimum Gasteiger partial charge on any atom is -0.480 e. The lowest BCUT2D eigenvalue weighted by atomic mass is 9.92. The van der Waals surface area contributed by atoms with Crippen LogP contribution in [-0.4, -0.2) is 180 Å². The van der Waals surface area contributed by atoms with Gasteiger partial charge in [0.1, 0.15) is 65.9 Å². The van der Waals surface area contributed by atoms with E-state index in [9.17, 15) is 50.4 Å². The van der Waals surface area contributed by atoms with Gasteiger partial charge < -0.3 is 85.4 Å². The average Bonchev–Trinajstić information content (AvgIpc) is 3.57. The molecule has 1 amide bonds. The van der Waals surface area contributed by atoms with Gasteiger partial charge in [-0.1, -0.05) is 21.6 Å². The molecule has 5 rings (SSSR count). The molecule has 4 aliphatic heterocycles. The molecule has 0 aromatic rings. The molecule has 1 saturated carbocycles. The summed E-state index contributed by atoms with van der Waals surface area (Å²) < 4.78 is 34.6. The first-order valence-corrected chi connectivity index (χ1v) is 16.4. The second kappa shape index (κ2) is 13.5. The van der Waals surface area contributed by atoms with E-state index >= 15 is 0 Å². The Labute approximate surface area is 263 Å². The maximum atomic E-state index is 12.0. The van der Waals surface area contributed by atoms with Gasteiger partial charge >= 0.3 is 5.97 Å². The summed E-state index contributed by atoms with van der Waals surface area (Å²) in [6, 6.07) is -2.35. The van der Waals surface area contributed by atoms with Crippen molar-refractivity contribution in [3.63, 3.8) is 0 Å². The van der Waals surface area contributed by atoms with Gasteiger partial charge in [0, 0.05) is 12.7 Å². The molecule has 17 atom stereocenters. The highest BCUT2D eigenvalue weighted by Gasteiger charge is 2.83. The average molecular weight is 691 g/mol. The monoisotopic (exact) mass is 690 g/mol. The number of aliphatic carboxylic acids is 1. The van der Waals surface area contributed by atoms with Crippen molar-refractivity contribution in [3.8, 4) is 0 Å². The summed E-state index contributed by atoms with van der Waals surface area (Å²) in [5, 5.41) is 96.4. The number of aliphatic hydroxyl groups excluding tert-OH is 6. The quantitative estimate of drug-likeness (QED) is 0.0898. The Balaban J connectivity index is 1.32. The van der Waals surface area contributed by atoms with Crippen LogP contribution in [0, 0.1) is 5.92 Å². The highest BCUT2D eigenvalue weighted by atomic mass is 33.1. The number of carbonyl (C=O) groups is 2. The number of carboxylic acids is 1. The molecule has 5 aliphatic rings. The molecule has 0 aromatic carbocycles. The first-order chi connectivity index (χ1) is 21.2. The summed E-state index contributed by atoms with van der Waals surface area (Å²) >= 11 is 0. The number of ether oxygens (including phenoxy) is 6. The van der Waals surface area contributed by atoms with Crippen LogP contribution in [0.4, 0.5) is 0 Å². The molecule has 4 saturated heterocycles. The van der Waals surface area contributed by atoms with E-state index in [1.165, 1.54) is 6.92 Å². The van der Waals surface area contributed by atoms with Crippen LogP contribution < -0.4 is 11.1 Å². The predicted octanol–water partition coefficient (Wildman–Crippen LogP) is -6.26. The minimum absolute atomic E-state index is 0.0420. The Morgan fingerprint density at radius 3 is 2.27 bits per heavy atom.